The molecule has 0 spiro atoms. The van der Waals surface area contributed by atoms with E-state index in [0.717, 1.165) is 40.2 Å². The van der Waals surface area contributed by atoms with Gasteiger partial charge in [0.15, 0.2) is 0 Å². The van der Waals surface area contributed by atoms with Crippen LogP contribution >= 0.6 is 31.9 Å². The molecule has 0 bridgehead atoms. The molecule has 1 aliphatic rings. The van der Waals surface area contributed by atoms with Crippen molar-refractivity contribution in [2.75, 3.05) is 0 Å². The molecule has 0 aliphatic heterocycles. The standard InChI is InChI=1S/C11H12Br2O/c12-8-4-3-5-9(13)10(8)11(14)6-1-2-7-11/h3-5,14H,1-2,6-7H2. The Morgan fingerprint density at radius 2 is 1.57 bits per heavy atom. The quantitative estimate of drug-likeness (QED) is 0.830. The summed E-state index contributed by atoms with van der Waals surface area (Å²) in [5.74, 6) is 0. The summed E-state index contributed by atoms with van der Waals surface area (Å²) in [6.45, 7) is 0. The minimum atomic E-state index is -0.626. The van der Waals surface area contributed by atoms with Crippen molar-refractivity contribution in [3.05, 3.63) is 32.7 Å². The SMILES string of the molecule is OC1(c2c(Br)cccc2Br)CCCC1. The molecule has 1 saturated carbocycles. The van der Waals surface area contributed by atoms with Crippen LogP contribution in [0.2, 0.25) is 0 Å². The highest BCUT2D eigenvalue weighted by Crippen LogP contribution is 2.44. The molecule has 3 heteroatoms. The number of halogens is 2. The van der Waals surface area contributed by atoms with Crippen LogP contribution in [0.4, 0.5) is 0 Å². The van der Waals surface area contributed by atoms with Gasteiger partial charge in [-0.3, -0.25) is 0 Å². The Hall–Kier alpha value is 0.140. The van der Waals surface area contributed by atoms with Gasteiger partial charge in [0.05, 0.1) is 5.60 Å². The van der Waals surface area contributed by atoms with E-state index in [1.54, 1.807) is 0 Å². The topological polar surface area (TPSA) is 20.2 Å². The van der Waals surface area contributed by atoms with Crippen LogP contribution in [0, 0.1) is 0 Å². The molecule has 1 fully saturated rings. The first-order chi connectivity index (χ1) is 6.63. The largest absolute Gasteiger partial charge is 0.385 e. The van der Waals surface area contributed by atoms with E-state index in [-0.39, 0.29) is 0 Å². The Labute approximate surface area is 101 Å². The summed E-state index contributed by atoms with van der Waals surface area (Å²) in [6.07, 6.45) is 3.97. The smallest absolute Gasteiger partial charge is 0.0918 e. The summed E-state index contributed by atoms with van der Waals surface area (Å²) < 4.78 is 1.99. The number of aliphatic hydroxyl groups is 1. The van der Waals surface area contributed by atoms with Gasteiger partial charge in [-0.2, -0.15) is 0 Å². The van der Waals surface area contributed by atoms with Crippen molar-refractivity contribution < 1.29 is 5.11 Å². The van der Waals surface area contributed by atoms with Crippen LogP contribution < -0.4 is 0 Å². The van der Waals surface area contributed by atoms with Gasteiger partial charge < -0.3 is 5.11 Å². The van der Waals surface area contributed by atoms with Gasteiger partial charge in [-0.05, 0) is 25.0 Å². The summed E-state index contributed by atoms with van der Waals surface area (Å²) in [5.41, 5.74) is 0.386. The van der Waals surface area contributed by atoms with E-state index >= 15 is 0 Å². The van der Waals surface area contributed by atoms with E-state index in [0.29, 0.717) is 0 Å². The van der Waals surface area contributed by atoms with Crippen molar-refractivity contribution in [3.8, 4) is 0 Å². The van der Waals surface area contributed by atoms with Gasteiger partial charge in [-0.1, -0.05) is 50.8 Å². The molecule has 0 saturated heterocycles. The predicted molar refractivity (Wildman–Crippen MR) is 64.2 cm³/mol. The number of hydrogen-bond donors (Lipinski definition) is 1. The van der Waals surface area contributed by atoms with Crippen molar-refractivity contribution in [1.29, 1.82) is 0 Å². The van der Waals surface area contributed by atoms with Crippen molar-refractivity contribution in [3.63, 3.8) is 0 Å². The lowest BCUT2D eigenvalue weighted by atomic mass is 9.92. The van der Waals surface area contributed by atoms with Gasteiger partial charge >= 0.3 is 0 Å². The third-order valence-corrected chi connectivity index (χ3v) is 4.18. The number of hydrogen-bond acceptors (Lipinski definition) is 1. The van der Waals surface area contributed by atoms with E-state index in [1.807, 2.05) is 18.2 Å². The maximum atomic E-state index is 10.5. The Balaban J connectivity index is 2.49. The third-order valence-electron chi connectivity index (χ3n) is 2.86. The van der Waals surface area contributed by atoms with Gasteiger partial charge in [0.2, 0.25) is 0 Å². The van der Waals surface area contributed by atoms with Gasteiger partial charge in [0.25, 0.3) is 0 Å². The Morgan fingerprint density at radius 1 is 1.07 bits per heavy atom. The monoisotopic (exact) mass is 318 g/mol. The lowest BCUT2D eigenvalue weighted by Gasteiger charge is -2.25. The van der Waals surface area contributed by atoms with E-state index in [2.05, 4.69) is 31.9 Å². The lowest BCUT2D eigenvalue weighted by Crippen LogP contribution is -2.22. The molecular formula is C11H12Br2O. The van der Waals surface area contributed by atoms with Crippen molar-refractivity contribution in [1.82, 2.24) is 0 Å². The molecule has 1 aromatic carbocycles. The molecule has 14 heavy (non-hydrogen) atoms. The summed E-state index contributed by atoms with van der Waals surface area (Å²) >= 11 is 7.00. The molecule has 1 nitrogen and oxygen atoms in total. The van der Waals surface area contributed by atoms with Crippen LogP contribution in [0.1, 0.15) is 31.2 Å². The Morgan fingerprint density at radius 3 is 2.07 bits per heavy atom. The summed E-state index contributed by atoms with van der Waals surface area (Å²) in [7, 11) is 0. The predicted octanol–water partition coefficient (Wildman–Crippen LogP) is 3.97. The molecule has 2 rings (SSSR count). The second-order valence-electron chi connectivity index (χ2n) is 3.84. The van der Waals surface area contributed by atoms with Crippen LogP contribution in [0.3, 0.4) is 0 Å². The molecule has 76 valence electrons. The second-order valence-corrected chi connectivity index (χ2v) is 5.54. The first-order valence-corrected chi connectivity index (χ1v) is 6.39. The maximum absolute atomic E-state index is 10.5. The molecule has 1 aliphatic carbocycles. The first-order valence-electron chi connectivity index (χ1n) is 4.80. The summed E-state index contributed by atoms with van der Waals surface area (Å²) in [5, 5.41) is 10.5. The van der Waals surface area contributed by atoms with E-state index < -0.39 is 5.60 Å². The van der Waals surface area contributed by atoms with Crippen LogP contribution in [0.25, 0.3) is 0 Å². The van der Waals surface area contributed by atoms with E-state index in [1.165, 1.54) is 0 Å². The van der Waals surface area contributed by atoms with Gasteiger partial charge in [0.1, 0.15) is 0 Å². The first kappa shape index (κ1) is 10.7. The van der Waals surface area contributed by atoms with Crippen LogP contribution in [0.15, 0.2) is 27.1 Å². The van der Waals surface area contributed by atoms with Crippen LogP contribution in [0.5, 0.6) is 0 Å². The van der Waals surface area contributed by atoms with Gasteiger partial charge in [0, 0.05) is 14.5 Å². The second kappa shape index (κ2) is 3.95. The minimum absolute atomic E-state index is 0.626. The average molecular weight is 320 g/mol. The maximum Gasteiger partial charge on any atom is 0.0918 e. The molecule has 0 amide bonds. The van der Waals surface area contributed by atoms with E-state index in [9.17, 15) is 5.11 Å². The molecule has 0 atom stereocenters. The van der Waals surface area contributed by atoms with E-state index in [4.69, 9.17) is 0 Å². The van der Waals surface area contributed by atoms with Crippen LogP contribution in [-0.4, -0.2) is 5.11 Å². The van der Waals surface area contributed by atoms with Crippen molar-refractivity contribution in [2.24, 2.45) is 0 Å². The zero-order valence-electron chi connectivity index (χ0n) is 7.76. The number of benzene rings is 1. The van der Waals surface area contributed by atoms with Crippen molar-refractivity contribution in [2.45, 2.75) is 31.3 Å². The molecule has 1 N–H and O–H groups in total. The fourth-order valence-corrected chi connectivity index (χ4v) is 3.89. The van der Waals surface area contributed by atoms with Crippen LogP contribution in [-0.2, 0) is 5.60 Å². The normalized spacial score (nSPS) is 19.9. The minimum Gasteiger partial charge on any atom is -0.385 e. The molecule has 0 radical (unpaired) electrons. The molecular weight excluding hydrogens is 308 g/mol. The lowest BCUT2D eigenvalue weighted by molar-refractivity contribution is 0.0430. The zero-order valence-corrected chi connectivity index (χ0v) is 10.9. The summed E-state index contributed by atoms with van der Waals surface area (Å²) in [4.78, 5) is 0. The molecule has 0 aromatic heterocycles. The Bertz CT molecular complexity index is 323. The highest BCUT2D eigenvalue weighted by atomic mass is 79.9. The number of rotatable bonds is 1. The van der Waals surface area contributed by atoms with Gasteiger partial charge in [-0.15, -0.1) is 0 Å². The fraction of sp³-hybridized carbons (Fsp3) is 0.455. The third kappa shape index (κ3) is 1.77. The van der Waals surface area contributed by atoms with Gasteiger partial charge in [-0.25, -0.2) is 0 Å². The summed E-state index contributed by atoms with van der Waals surface area (Å²) in [6, 6.07) is 5.93. The molecule has 0 heterocycles. The van der Waals surface area contributed by atoms with Crippen molar-refractivity contribution >= 4 is 31.9 Å². The molecule has 0 unspecified atom stereocenters. The Kier molecular flexibility index (Phi) is 3.01. The molecule has 1 aromatic rings. The fourth-order valence-electron chi connectivity index (χ4n) is 2.15. The zero-order chi connectivity index (χ0) is 10.2. The highest BCUT2D eigenvalue weighted by Gasteiger charge is 2.35. The average Bonchev–Trinajstić information content (AvgIpc) is 2.52. The highest BCUT2D eigenvalue weighted by molar-refractivity contribution is 9.11.